The largest absolute Gasteiger partial charge is 0.329 e. The van der Waals surface area contributed by atoms with Crippen LogP contribution in [0.2, 0.25) is 0 Å². The molecule has 0 spiro atoms. The van der Waals surface area contributed by atoms with Crippen LogP contribution < -0.4 is 11.1 Å². The molecule has 3 N–H and O–H groups in total. The first-order valence-corrected chi connectivity index (χ1v) is 4.68. The van der Waals surface area contributed by atoms with Crippen molar-refractivity contribution in [2.75, 3.05) is 13.1 Å². The van der Waals surface area contributed by atoms with E-state index in [0.717, 1.165) is 13.1 Å². The maximum atomic E-state index is 5.36. The van der Waals surface area contributed by atoms with Crippen LogP contribution in [0.1, 0.15) is 25.5 Å². The molecule has 0 aliphatic carbocycles. The summed E-state index contributed by atoms with van der Waals surface area (Å²) in [5.74, 6) is 0. The van der Waals surface area contributed by atoms with E-state index in [9.17, 15) is 0 Å². The predicted molar refractivity (Wildman–Crippen MR) is 53.4 cm³/mol. The van der Waals surface area contributed by atoms with E-state index in [1.165, 1.54) is 5.56 Å². The Morgan fingerprint density at radius 2 is 2.38 bits per heavy atom. The van der Waals surface area contributed by atoms with E-state index in [1.807, 2.05) is 10.9 Å². The van der Waals surface area contributed by atoms with E-state index < -0.39 is 0 Å². The van der Waals surface area contributed by atoms with Crippen molar-refractivity contribution in [2.45, 2.75) is 26.4 Å². The minimum absolute atomic E-state index is 0.434. The second-order valence-electron chi connectivity index (χ2n) is 3.39. The molecule has 1 heterocycles. The molecule has 0 aliphatic rings. The van der Waals surface area contributed by atoms with Gasteiger partial charge in [-0.2, -0.15) is 5.10 Å². The van der Waals surface area contributed by atoms with Crippen LogP contribution in [0.3, 0.4) is 0 Å². The van der Waals surface area contributed by atoms with Crippen molar-refractivity contribution in [3.05, 3.63) is 18.0 Å². The molecule has 4 heteroatoms. The molecule has 0 saturated heterocycles. The van der Waals surface area contributed by atoms with Gasteiger partial charge in [0, 0.05) is 37.4 Å². The van der Waals surface area contributed by atoms with Gasteiger partial charge in [0.25, 0.3) is 0 Å². The van der Waals surface area contributed by atoms with Gasteiger partial charge >= 0.3 is 0 Å². The third-order valence-corrected chi connectivity index (χ3v) is 1.83. The highest BCUT2D eigenvalue weighted by Gasteiger charge is 2.00. The van der Waals surface area contributed by atoms with Crippen LogP contribution in [0.4, 0.5) is 0 Å². The zero-order chi connectivity index (χ0) is 9.68. The molecular formula is C9H18N4. The molecule has 1 aromatic rings. The molecule has 0 fully saturated rings. The van der Waals surface area contributed by atoms with Gasteiger partial charge in [-0.1, -0.05) is 0 Å². The van der Waals surface area contributed by atoms with Crippen molar-refractivity contribution in [2.24, 2.45) is 5.73 Å². The van der Waals surface area contributed by atoms with Crippen molar-refractivity contribution in [3.63, 3.8) is 0 Å². The summed E-state index contributed by atoms with van der Waals surface area (Å²) in [6.45, 7) is 6.61. The molecule has 0 saturated carbocycles. The first-order chi connectivity index (χ1) is 6.24. The summed E-state index contributed by atoms with van der Waals surface area (Å²) in [5, 5.41) is 7.47. The Balaban J connectivity index is 2.40. The molecule has 13 heavy (non-hydrogen) atoms. The van der Waals surface area contributed by atoms with Crippen LogP contribution in [-0.2, 0) is 6.54 Å². The third kappa shape index (κ3) is 3.16. The number of aromatic nitrogens is 2. The summed E-state index contributed by atoms with van der Waals surface area (Å²) >= 11 is 0. The summed E-state index contributed by atoms with van der Waals surface area (Å²) in [5.41, 5.74) is 6.57. The zero-order valence-corrected chi connectivity index (χ0v) is 8.33. The number of nitrogens with two attached hydrogens (primary N) is 1. The summed E-state index contributed by atoms with van der Waals surface area (Å²) < 4.78 is 1.96. The van der Waals surface area contributed by atoms with E-state index in [0.29, 0.717) is 12.6 Å². The van der Waals surface area contributed by atoms with E-state index in [2.05, 4.69) is 30.5 Å². The van der Waals surface area contributed by atoms with Crippen LogP contribution in [0.5, 0.6) is 0 Å². The van der Waals surface area contributed by atoms with Gasteiger partial charge in [0.15, 0.2) is 0 Å². The van der Waals surface area contributed by atoms with Crippen LogP contribution in [0, 0.1) is 0 Å². The summed E-state index contributed by atoms with van der Waals surface area (Å²) in [6.07, 6.45) is 3.96. The Morgan fingerprint density at radius 3 is 2.92 bits per heavy atom. The molecule has 1 rings (SSSR count). The Kier molecular flexibility index (Phi) is 3.92. The molecule has 0 atom stereocenters. The maximum absolute atomic E-state index is 5.36. The average Bonchev–Trinajstić information content (AvgIpc) is 2.53. The lowest BCUT2D eigenvalue weighted by molar-refractivity contribution is 0.531. The molecule has 0 unspecified atom stereocenters. The molecule has 1 aromatic heterocycles. The van der Waals surface area contributed by atoms with Crippen molar-refractivity contribution < 1.29 is 0 Å². The first-order valence-electron chi connectivity index (χ1n) is 4.68. The standard InChI is InChI=1S/C9H18N4/c1-8(2)13-7-9(6-12-13)5-11-4-3-10/h6-8,11H,3-5,10H2,1-2H3. The molecule has 0 aromatic carbocycles. The van der Waals surface area contributed by atoms with Gasteiger partial charge in [-0.25, -0.2) is 0 Å². The number of nitrogens with one attached hydrogen (secondary N) is 1. The highest BCUT2D eigenvalue weighted by molar-refractivity contribution is 5.03. The van der Waals surface area contributed by atoms with E-state index in [1.54, 1.807) is 0 Å². The minimum atomic E-state index is 0.434. The summed E-state index contributed by atoms with van der Waals surface area (Å²) in [4.78, 5) is 0. The fraction of sp³-hybridized carbons (Fsp3) is 0.667. The number of hydrogen-bond donors (Lipinski definition) is 2. The van der Waals surface area contributed by atoms with Crippen LogP contribution in [-0.4, -0.2) is 22.9 Å². The highest BCUT2D eigenvalue weighted by Crippen LogP contribution is 2.04. The lowest BCUT2D eigenvalue weighted by Crippen LogP contribution is -2.21. The average molecular weight is 182 g/mol. The number of hydrogen-bond acceptors (Lipinski definition) is 3. The van der Waals surface area contributed by atoms with Gasteiger partial charge in [0.05, 0.1) is 6.20 Å². The van der Waals surface area contributed by atoms with Crippen molar-refractivity contribution >= 4 is 0 Å². The lowest BCUT2D eigenvalue weighted by Gasteiger charge is -2.03. The predicted octanol–water partition coefficient (Wildman–Crippen LogP) is 0.512. The zero-order valence-electron chi connectivity index (χ0n) is 8.33. The summed E-state index contributed by atoms with van der Waals surface area (Å²) in [6, 6.07) is 0.434. The molecule has 74 valence electrons. The molecule has 0 amide bonds. The fourth-order valence-electron chi connectivity index (χ4n) is 1.09. The van der Waals surface area contributed by atoms with E-state index in [-0.39, 0.29) is 0 Å². The van der Waals surface area contributed by atoms with Crippen LogP contribution in [0.15, 0.2) is 12.4 Å². The second-order valence-corrected chi connectivity index (χ2v) is 3.39. The van der Waals surface area contributed by atoms with Crippen LogP contribution >= 0.6 is 0 Å². The van der Waals surface area contributed by atoms with Gasteiger partial charge in [0.2, 0.25) is 0 Å². The Hall–Kier alpha value is -0.870. The van der Waals surface area contributed by atoms with Gasteiger partial charge in [-0.3, -0.25) is 4.68 Å². The lowest BCUT2D eigenvalue weighted by atomic mass is 10.3. The highest BCUT2D eigenvalue weighted by atomic mass is 15.3. The smallest absolute Gasteiger partial charge is 0.0534 e. The van der Waals surface area contributed by atoms with Gasteiger partial charge in [-0.05, 0) is 13.8 Å². The number of rotatable bonds is 5. The van der Waals surface area contributed by atoms with E-state index >= 15 is 0 Å². The van der Waals surface area contributed by atoms with Crippen molar-refractivity contribution in [1.82, 2.24) is 15.1 Å². The number of nitrogens with zero attached hydrogens (tertiary/aromatic N) is 2. The van der Waals surface area contributed by atoms with Gasteiger partial charge < -0.3 is 11.1 Å². The second kappa shape index (κ2) is 4.99. The Bertz CT molecular complexity index is 242. The summed E-state index contributed by atoms with van der Waals surface area (Å²) in [7, 11) is 0. The first kappa shape index (κ1) is 10.2. The van der Waals surface area contributed by atoms with E-state index in [4.69, 9.17) is 5.73 Å². The Morgan fingerprint density at radius 1 is 1.62 bits per heavy atom. The topological polar surface area (TPSA) is 55.9 Å². The minimum Gasteiger partial charge on any atom is -0.329 e. The molecule has 0 radical (unpaired) electrons. The maximum Gasteiger partial charge on any atom is 0.0534 e. The van der Waals surface area contributed by atoms with Crippen LogP contribution in [0.25, 0.3) is 0 Å². The monoisotopic (exact) mass is 182 g/mol. The fourth-order valence-corrected chi connectivity index (χ4v) is 1.09. The van der Waals surface area contributed by atoms with Gasteiger partial charge in [0.1, 0.15) is 0 Å². The third-order valence-electron chi connectivity index (χ3n) is 1.83. The SMILES string of the molecule is CC(C)n1cc(CNCCN)cn1. The van der Waals surface area contributed by atoms with Crippen molar-refractivity contribution in [1.29, 1.82) is 0 Å². The Labute approximate surface area is 79.1 Å². The quantitative estimate of drug-likeness (QED) is 0.652. The van der Waals surface area contributed by atoms with Crippen molar-refractivity contribution in [3.8, 4) is 0 Å². The molecular weight excluding hydrogens is 164 g/mol. The van der Waals surface area contributed by atoms with Gasteiger partial charge in [-0.15, -0.1) is 0 Å². The molecule has 0 aliphatic heterocycles. The molecule has 0 bridgehead atoms. The normalized spacial score (nSPS) is 11.1. The molecule has 4 nitrogen and oxygen atoms in total.